The molecule has 4 saturated heterocycles. The second kappa shape index (κ2) is 14.8. The number of esters is 1. The lowest BCUT2D eigenvalue weighted by Crippen LogP contribution is -2.56. The molecule has 300 valence electrons. The van der Waals surface area contributed by atoms with Crippen molar-refractivity contribution in [2.45, 2.75) is 82.1 Å². The van der Waals surface area contributed by atoms with Gasteiger partial charge in [0.2, 0.25) is 6.29 Å². The minimum absolute atomic E-state index is 0.0705. The number of likely N-dealkylation sites (N-methyl/N-ethyl adjacent to an activating group) is 1. The molecule has 2 aromatic carbocycles. The highest BCUT2D eigenvalue weighted by Crippen LogP contribution is 2.42. The lowest BCUT2D eigenvalue weighted by Gasteiger charge is -2.41. The Labute approximate surface area is 327 Å². The summed E-state index contributed by atoms with van der Waals surface area (Å²) in [5, 5.41) is 11.5. The van der Waals surface area contributed by atoms with Crippen LogP contribution in [0.2, 0.25) is 0 Å². The van der Waals surface area contributed by atoms with E-state index in [1.807, 2.05) is 4.90 Å². The zero-order valence-corrected chi connectivity index (χ0v) is 32.2. The van der Waals surface area contributed by atoms with E-state index in [-0.39, 0.29) is 63.6 Å². The maximum Gasteiger partial charge on any atom is 0.413 e. The molecule has 2 aromatic heterocycles. The quantitative estimate of drug-likeness (QED) is 0.132. The zero-order valence-electron chi connectivity index (χ0n) is 32.2. The van der Waals surface area contributed by atoms with Gasteiger partial charge in [-0.25, -0.2) is 18.0 Å². The molecule has 0 spiro atoms. The summed E-state index contributed by atoms with van der Waals surface area (Å²) in [7, 11) is 3.49. The average Bonchev–Trinajstić information content (AvgIpc) is 3.79. The van der Waals surface area contributed by atoms with Crippen molar-refractivity contribution in [2.24, 2.45) is 0 Å². The lowest BCUT2D eigenvalue weighted by atomic mass is 9.95. The Kier molecular flexibility index (Phi) is 10.0. The van der Waals surface area contributed by atoms with Crippen LogP contribution in [0.25, 0.3) is 32.9 Å². The van der Waals surface area contributed by atoms with Gasteiger partial charge in [-0.15, -0.1) is 6.42 Å². The number of nitrogens with zero attached hydrogens (tertiary/aromatic N) is 7. The van der Waals surface area contributed by atoms with E-state index in [1.165, 1.54) is 37.4 Å². The maximum atomic E-state index is 17.1. The van der Waals surface area contributed by atoms with E-state index in [0.29, 0.717) is 50.1 Å². The van der Waals surface area contributed by atoms with Crippen molar-refractivity contribution in [3.05, 3.63) is 47.7 Å². The predicted octanol–water partition coefficient (Wildman–Crippen LogP) is 5.39. The molecule has 2 bridgehead atoms. The van der Waals surface area contributed by atoms with Gasteiger partial charge in [0.25, 0.3) is 0 Å². The number of rotatable bonds is 9. The van der Waals surface area contributed by atoms with E-state index in [0.717, 1.165) is 19.4 Å². The first-order valence-corrected chi connectivity index (χ1v) is 19.2. The van der Waals surface area contributed by atoms with E-state index in [9.17, 15) is 23.5 Å². The van der Waals surface area contributed by atoms with Crippen LogP contribution in [-0.2, 0) is 14.3 Å². The van der Waals surface area contributed by atoms with Crippen molar-refractivity contribution < 1.29 is 42.1 Å². The molecular formula is C41H44F3N7O6. The summed E-state index contributed by atoms with van der Waals surface area (Å²) >= 11 is 0. The van der Waals surface area contributed by atoms with Crippen LogP contribution in [0.15, 0.2) is 30.5 Å². The number of fused-ring (bicyclic) bond motifs is 5. The topological polar surface area (TPSA) is 134 Å². The summed E-state index contributed by atoms with van der Waals surface area (Å²) in [6, 6.07) is 4.04. The van der Waals surface area contributed by atoms with E-state index in [2.05, 4.69) is 20.8 Å². The second-order valence-electron chi connectivity index (χ2n) is 15.8. The first kappa shape index (κ1) is 38.5. The van der Waals surface area contributed by atoms with Crippen LogP contribution in [-0.4, -0.2) is 130 Å². The Bertz CT molecular complexity index is 2290. The number of ether oxygens (including phenoxy) is 3. The Hall–Kier alpha value is -5.40. The number of hydrogen-bond acceptors (Lipinski definition) is 12. The molecule has 1 N–H and O–H groups in total. The number of carbonyl (C=O) groups is 2. The van der Waals surface area contributed by atoms with Gasteiger partial charge < -0.3 is 24.2 Å². The van der Waals surface area contributed by atoms with E-state index in [4.69, 9.17) is 25.6 Å². The Balaban J connectivity index is 1.15. The number of piperazine rings is 1. The molecular weight excluding hydrogens is 743 g/mol. The first-order chi connectivity index (χ1) is 27.3. The number of halogens is 3. The van der Waals surface area contributed by atoms with Crippen LogP contribution >= 0.6 is 0 Å². The van der Waals surface area contributed by atoms with Crippen molar-refractivity contribution in [2.75, 3.05) is 51.8 Å². The number of anilines is 1. The van der Waals surface area contributed by atoms with Crippen LogP contribution in [0.5, 0.6) is 11.8 Å². The Morgan fingerprint density at radius 3 is 2.58 bits per heavy atom. The fourth-order valence-electron chi connectivity index (χ4n) is 8.99. The number of phenols is 1. The SMILES string of the molecule is C#Cc1c(F)ccc2cc(O)cc(-c3ncc4c(N5CC6CCC(C5)N6C(=O)OC(C)OC(=O)[C@H](C)N(C)C)nc(OC[C@@]56CCCN5C[C@H](F)C6)nc4c3F)c12. The molecule has 4 aliphatic heterocycles. The van der Waals surface area contributed by atoms with Gasteiger partial charge in [0.1, 0.15) is 47.4 Å². The molecule has 4 aliphatic rings. The number of aromatic nitrogens is 3. The first-order valence-electron chi connectivity index (χ1n) is 19.2. The Morgan fingerprint density at radius 1 is 1.11 bits per heavy atom. The van der Waals surface area contributed by atoms with Gasteiger partial charge in [-0.3, -0.25) is 24.5 Å². The smallest absolute Gasteiger partial charge is 0.413 e. The highest BCUT2D eigenvalue weighted by atomic mass is 19.1. The number of amides is 1. The molecule has 8 rings (SSSR count). The van der Waals surface area contributed by atoms with E-state index in [1.54, 1.807) is 30.8 Å². The van der Waals surface area contributed by atoms with Gasteiger partial charge >= 0.3 is 18.1 Å². The van der Waals surface area contributed by atoms with E-state index >= 15 is 4.39 Å². The monoisotopic (exact) mass is 787 g/mol. The second-order valence-corrected chi connectivity index (χ2v) is 15.8. The number of pyridine rings is 1. The molecule has 0 saturated carbocycles. The van der Waals surface area contributed by atoms with Crippen LogP contribution in [0.3, 0.4) is 0 Å². The summed E-state index contributed by atoms with van der Waals surface area (Å²) in [6.07, 6.45) is 7.68. The molecule has 4 aromatic rings. The van der Waals surface area contributed by atoms with Crippen molar-refractivity contribution in [1.82, 2.24) is 29.7 Å². The molecule has 6 heterocycles. The molecule has 6 atom stereocenters. The molecule has 0 radical (unpaired) electrons. The molecule has 1 amide bonds. The number of hydrogen-bond donors (Lipinski definition) is 1. The average molecular weight is 788 g/mol. The number of aromatic hydroxyl groups is 1. The third-order valence-corrected chi connectivity index (χ3v) is 12.0. The fourth-order valence-corrected chi connectivity index (χ4v) is 8.99. The van der Waals surface area contributed by atoms with Crippen LogP contribution in [0.1, 0.15) is 51.5 Å². The number of phenolic OH excluding ortho intramolecular Hbond substituents is 1. The summed E-state index contributed by atoms with van der Waals surface area (Å²) in [4.78, 5) is 47.2. The van der Waals surface area contributed by atoms with Gasteiger partial charge in [0.05, 0.1) is 28.6 Å². The number of benzene rings is 2. The third-order valence-electron chi connectivity index (χ3n) is 12.0. The van der Waals surface area contributed by atoms with Crippen molar-refractivity contribution in [3.8, 4) is 35.4 Å². The molecule has 4 fully saturated rings. The molecule has 13 nitrogen and oxygen atoms in total. The van der Waals surface area contributed by atoms with Gasteiger partial charge in [-0.1, -0.05) is 12.0 Å². The van der Waals surface area contributed by atoms with Crippen molar-refractivity contribution >= 4 is 39.6 Å². The van der Waals surface area contributed by atoms with Crippen molar-refractivity contribution in [3.63, 3.8) is 0 Å². The normalized spacial score (nSPS) is 24.2. The minimum Gasteiger partial charge on any atom is -0.508 e. The van der Waals surface area contributed by atoms with Gasteiger partial charge in [0.15, 0.2) is 5.82 Å². The summed E-state index contributed by atoms with van der Waals surface area (Å²) < 4.78 is 64.0. The van der Waals surface area contributed by atoms with Crippen LogP contribution in [0, 0.1) is 24.0 Å². The molecule has 3 unspecified atom stereocenters. The Morgan fingerprint density at radius 2 is 1.86 bits per heavy atom. The fraction of sp³-hybridized carbons (Fsp3) is 0.488. The largest absolute Gasteiger partial charge is 0.508 e. The van der Waals surface area contributed by atoms with Gasteiger partial charge in [-0.2, -0.15) is 9.97 Å². The number of terminal acetylenes is 1. The molecule has 57 heavy (non-hydrogen) atoms. The summed E-state index contributed by atoms with van der Waals surface area (Å²) in [5.41, 5.74) is -0.928. The predicted molar refractivity (Wildman–Crippen MR) is 204 cm³/mol. The zero-order chi connectivity index (χ0) is 40.3. The molecule has 16 heteroatoms. The highest BCUT2D eigenvalue weighted by molar-refractivity contribution is 6.03. The summed E-state index contributed by atoms with van der Waals surface area (Å²) in [6.45, 7) is 4.95. The third kappa shape index (κ3) is 6.90. The molecule has 0 aliphatic carbocycles. The maximum absolute atomic E-state index is 17.1. The lowest BCUT2D eigenvalue weighted by molar-refractivity contribution is -0.171. The van der Waals surface area contributed by atoms with Gasteiger partial charge in [-0.05, 0) is 76.8 Å². The van der Waals surface area contributed by atoms with Gasteiger partial charge in [0, 0.05) is 50.1 Å². The van der Waals surface area contributed by atoms with Crippen LogP contribution in [0.4, 0.5) is 23.8 Å². The van der Waals surface area contributed by atoms with Crippen LogP contribution < -0.4 is 9.64 Å². The number of alkyl halides is 1. The highest BCUT2D eigenvalue weighted by Gasteiger charge is 2.50. The van der Waals surface area contributed by atoms with E-state index < -0.39 is 47.7 Å². The minimum atomic E-state index is -1.11. The standard InChI is InChI=1S/C41H44F3N7O6/c1-6-29-32(43)11-8-24-14-28(52)15-30(33(24)29)35-34(44)36-31(17-45-35)37(47-39(46-36)55-21-41-12-7-13-50(41)18-25(42)16-41)49-19-26-9-10-27(20-49)51(26)40(54)57-23(3)56-38(53)22(2)48(4)5/h1,8,11,14-15,17,22-23,25-27,52H,7,9-10,12-13,16,18-21H2,2-5H3/t22-,23?,25+,26?,27?,41-/m0/s1. The number of carbonyl (C=O) groups excluding carboxylic acids is 2. The van der Waals surface area contributed by atoms with Crippen molar-refractivity contribution in [1.29, 1.82) is 0 Å². The summed E-state index contributed by atoms with van der Waals surface area (Å²) in [5.74, 6) is 0.390.